The molecule has 0 unspecified atom stereocenters. The molecule has 0 spiro atoms. The molecule has 0 aliphatic heterocycles. The van der Waals surface area contributed by atoms with Gasteiger partial charge in [-0.15, -0.1) is 0 Å². The second kappa shape index (κ2) is 12.7. The van der Waals surface area contributed by atoms with Crippen LogP contribution in [0.5, 0.6) is 0 Å². The standard InChI is InChI=1S/C20H24N2O10/c1-5-29-16(24)11-13(18(26)31-7-3)21-10-9-15(23)22(20(21)28)14(19(27)32-8-4)12-17(25)30-6-2/h9-12H,5-8H2,1-4H3/b13-11-,14-12+. The van der Waals surface area contributed by atoms with Crippen molar-refractivity contribution in [2.24, 2.45) is 0 Å². The number of ether oxygens (including phenoxy) is 4. The van der Waals surface area contributed by atoms with E-state index < -0.39 is 46.5 Å². The van der Waals surface area contributed by atoms with Gasteiger partial charge in [-0.05, 0) is 27.7 Å². The number of nitrogens with zero attached hydrogens (tertiary/aromatic N) is 2. The highest BCUT2D eigenvalue weighted by molar-refractivity contribution is 6.16. The normalized spacial score (nSPS) is 11.5. The van der Waals surface area contributed by atoms with Crippen LogP contribution in [0.15, 0.2) is 34.0 Å². The number of carbonyl (C=O) groups is 4. The van der Waals surface area contributed by atoms with Crippen LogP contribution in [0.1, 0.15) is 27.7 Å². The zero-order valence-corrected chi connectivity index (χ0v) is 18.1. The van der Waals surface area contributed by atoms with Crippen LogP contribution in [0.25, 0.3) is 11.4 Å². The fourth-order valence-electron chi connectivity index (χ4n) is 2.33. The molecule has 0 atom stereocenters. The van der Waals surface area contributed by atoms with Gasteiger partial charge >= 0.3 is 29.6 Å². The van der Waals surface area contributed by atoms with E-state index in [1.54, 1.807) is 0 Å². The molecule has 1 heterocycles. The maximum absolute atomic E-state index is 13.1. The van der Waals surface area contributed by atoms with Gasteiger partial charge in [0.05, 0.1) is 38.6 Å². The Bertz CT molecular complexity index is 1050. The summed E-state index contributed by atoms with van der Waals surface area (Å²) in [7, 11) is 0. The first kappa shape index (κ1) is 26.1. The van der Waals surface area contributed by atoms with E-state index in [1.807, 2.05) is 0 Å². The second-order valence-electron chi connectivity index (χ2n) is 5.65. The minimum absolute atomic E-state index is 0.00484. The van der Waals surface area contributed by atoms with Crippen molar-refractivity contribution in [1.29, 1.82) is 0 Å². The van der Waals surface area contributed by atoms with Gasteiger partial charge < -0.3 is 18.9 Å². The third kappa shape index (κ3) is 6.79. The Labute approximate surface area is 182 Å². The molecular formula is C20H24N2O10. The summed E-state index contributed by atoms with van der Waals surface area (Å²) in [6.07, 6.45) is 2.24. The average Bonchev–Trinajstić information content (AvgIpc) is 2.72. The lowest BCUT2D eigenvalue weighted by Gasteiger charge is -2.13. The van der Waals surface area contributed by atoms with Gasteiger partial charge in [-0.25, -0.2) is 28.5 Å². The average molecular weight is 452 g/mol. The van der Waals surface area contributed by atoms with Crippen molar-refractivity contribution in [2.75, 3.05) is 26.4 Å². The van der Waals surface area contributed by atoms with Crippen LogP contribution in [0, 0.1) is 0 Å². The molecule has 1 rings (SSSR count). The van der Waals surface area contributed by atoms with E-state index in [2.05, 4.69) is 0 Å². The van der Waals surface area contributed by atoms with Gasteiger partial charge in [0.25, 0.3) is 5.56 Å². The highest BCUT2D eigenvalue weighted by Crippen LogP contribution is 2.08. The third-order valence-corrected chi connectivity index (χ3v) is 3.54. The summed E-state index contributed by atoms with van der Waals surface area (Å²) in [5.41, 5.74) is -3.57. The summed E-state index contributed by atoms with van der Waals surface area (Å²) in [6.45, 7) is 5.80. The Morgan fingerprint density at radius 2 is 1.19 bits per heavy atom. The van der Waals surface area contributed by atoms with Gasteiger partial charge in [0.2, 0.25) is 0 Å². The molecule has 0 radical (unpaired) electrons. The van der Waals surface area contributed by atoms with E-state index in [4.69, 9.17) is 18.9 Å². The van der Waals surface area contributed by atoms with Crippen molar-refractivity contribution in [3.63, 3.8) is 0 Å². The minimum Gasteiger partial charge on any atom is -0.463 e. The molecule has 1 aromatic rings. The van der Waals surface area contributed by atoms with Crippen molar-refractivity contribution >= 4 is 35.3 Å². The van der Waals surface area contributed by atoms with E-state index >= 15 is 0 Å². The molecule has 0 saturated heterocycles. The lowest BCUT2D eigenvalue weighted by Crippen LogP contribution is -2.41. The second-order valence-corrected chi connectivity index (χ2v) is 5.65. The zero-order chi connectivity index (χ0) is 24.3. The molecule has 1 aromatic heterocycles. The zero-order valence-electron chi connectivity index (χ0n) is 18.1. The summed E-state index contributed by atoms with van der Waals surface area (Å²) < 4.78 is 20.1. The maximum Gasteiger partial charge on any atom is 0.355 e. The van der Waals surface area contributed by atoms with Crippen LogP contribution in [-0.4, -0.2) is 59.4 Å². The van der Waals surface area contributed by atoms with Crippen molar-refractivity contribution in [2.45, 2.75) is 27.7 Å². The van der Waals surface area contributed by atoms with Crippen LogP contribution >= 0.6 is 0 Å². The summed E-state index contributed by atoms with van der Waals surface area (Å²) in [6, 6.07) is 0.845. The molecule has 0 bridgehead atoms. The predicted octanol–water partition coefficient (Wildman–Crippen LogP) is -0.0558. The summed E-state index contributed by atoms with van der Waals surface area (Å²) >= 11 is 0. The van der Waals surface area contributed by atoms with Gasteiger partial charge in [0.1, 0.15) is 11.4 Å². The van der Waals surface area contributed by atoms with Crippen molar-refractivity contribution in [1.82, 2.24) is 9.13 Å². The van der Waals surface area contributed by atoms with Crippen LogP contribution in [-0.2, 0) is 38.1 Å². The molecule has 12 heteroatoms. The molecule has 0 N–H and O–H groups in total. The largest absolute Gasteiger partial charge is 0.463 e. The molecule has 0 aliphatic rings. The van der Waals surface area contributed by atoms with Crippen molar-refractivity contribution in [3.05, 3.63) is 45.3 Å². The number of hydrogen-bond donors (Lipinski definition) is 0. The van der Waals surface area contributed by atoms with Crippen molar-refractivity contribution in [3.8, 4) is 0 Å². The summed E-state index contributed by atoms with van der Waals surface area (Å²) in [4.78, 5) is 74.1. The Hall–Kier alpha value is -3.96. The Morgan fingerprint density at radius 1 is 0.750 bits per heavy atom. The highest BCUT2D eigenvalue weighted by Gasteiger charge is 2.24. The minimum atomic E-state index is -1.25. The smallest absolute Gasteiger partial charge is 0.355 e. The fraction of sp³-hybridized carbons (Fsp3) is 0.400. The van der Waals surface area contributed by atoms with Gasteiger partial charge in [0.15, 0.2) is 0 Å². The lowest BCUT2D eigenvalue weighted by molar-refractivity contribution is -0.139. The number of carbonyl (C=O) groups excluding carboxylic acids is 4. The van der Waals surface area contributed by atoms with Gasteiger partial charge in [-0.1, -0.05) is 0 Å². The molecule has 0 aromatic carbocycles. The van der Waals surface area contributed by atoms with E-state index in [0.29, 0.717) is 21.3 Å². The van der Waals surface area contributed by atoms with Crippen LogP contribution in [0.4, 0.5) is 0 Å². The SMILES string of the molecule is CCOC(=O)/C=C(/C(=O)OCC)n1ccc(=O)n(/C(=C/C(=O)OCC)C(=O)OCC)c1=O. The number of aromatic nitrogens is 2. The quantitative estimate of drug-likeness (QED) is 0.268. The fourth-order valence-corrected chi connectivity index (χ4v) is 2.33. The number of esters is 4. The van der Waals surface area contributed by atoms with Gasteiger partial charge in [-0.2, -0.15) is 0 Å². The molecule has 0 amide bonds. The van der Waals surface area contributed by atoms with Crippen LogP contribution in [0.3, 0.4) is 0 Å². The molecule has 12 nitrogen and oxygen atoms in total. The predicted molar refractivity (Wildman–Crippen MR) is 110 cm³/mol. The molecule has 32 heavy (non-hydrogen) atoms. The van der Waals surface area contributed by atoms with Crippen molar-refractivity contribution < 1.29 is 38.1 Å². The molecule has 174 valence electrons. The monoisotopic (exact) mass is 452 g/mol. The number of rotatable bonds is 10. The Balaban J connectivity index is 3.82. The summed E-state index contributed by atoms with van der Waals surface area (Å²) in [5.74, 6) is -4.19. The Morgan fingerprint density at radius 3 is 1.66 bits per heavy atom. The molecule has 0 aliphatic carbocycles. The van der Waals surface area contributed by atoms with E-state index in [1.165, 1.54) is 27.7 Å². The number of hydrogen-bond acceptors (Lipinski definition) is 10. The van der Waals surface area contributed by atoms with E-state index in [-0.39, 0.29) is 26.4 Å². The lowest BCUT2D eigenvalue weighted by atomic mass is 10.3. The van der Waals surface area contributed by atoms with Crippen LogP contribution < -0.4 is 11.2 Å². The Kier molecular flexibility index (Phi) is 10.3. The van der Waals surface area contributed by atoms with E-state index in [9.17, 15) is 28.8 Å². The topological polar surface area (TPSA) is 149 Å². The first-order chi connectivity index (χ1) is 15.2. The molecule has 0 saturated carbocycles. The first-order valence-electron chi connectivity index (χ1n) is 9.68. The highest BCUT2D eigenvalue weighted by atomic mass is 16.5. The van der Waals surface area contributed by atoms with Crippen LogP contribution in [0.2, 0.25) is 0 Å². The van der Waals surface area contributed by atoms with E-state index in [0.717, 1.165) is 12.3 Å². The third-order valence-electron chi connectivity index (χ3n) is 3.54. The van der Waals surface area contributed by atoms with Gasteiger partial charge in [0, 0.05) is 12.3 Å². The molecule has 0 fully saturated rings. The van der Waals surface area contributed by atoms with Gasteiger partial charge in [-0.3, -0.25) is 9.36 Å². The maximum atomic E-state index is 13.1. The molecular weight excluding hydrogens is 428 g/mol. The summed E-state index contributed by atoms with van der Waals surface area (Å²) in [5, 5.41) is 0. The first-order valence-corrected chi connectivity index (χ1v) is 9.68.